The fourth-order valence-electron chi connectivity index (χ4n) is 1.95. The van der Waals surface area contributed by atoms with Crippen molar-refractivity contribution in [2.24, 2.45) is 0 Å². The number of halogens is 4. The Labute approximate surface area is 127 Å². The van der Waals surface area contributed by atoms with Gasteiger partial charge in [-0.25, -0.2) is 8.42 Å². The standard InChI is InChI=1S/C10H18F3N3O3S.ClH/c1-20(18,19)7-9(17)15-6-8(10(11,12)13)16-4-2-14-3-5-16;/h8,14H,2-7H2,1H3,(H,15,17);1H. The molecule has 0 aromatic rings. The van der Waals surface area contributed by atoms with Crippen molar-refractivity contribution in [1.82, 2.24) is 15.5 Å². The first kappa shape index (κ1) is 20.4. The number of rotatable bonds is 5. The van der Waals surface area contributed by atoms with Crippen molar-refractivity contribution in [3.8, 4) is 0 Å². The number of nitrogens with zero attached hydrogens (tertiary/aromatic N) is 1. The maximum absolute atomic E-state index is 13.0. The minimum atomic E-state index is -4.48. The second kappa shape index (κ2) is 8.16. The van der Waals surface area contributed by atoms with Gasteiger partial charge >= 0.3 is 6.18 Å². The summed E-state index contributed by atoms with van der Waals surface area (Å²) < 4.78 is 60.7. The highest BCUT2D eigenvalue weighted by molar-refractivity contribution is 7.91. The Morgan fingerprint density at radius 2 is 1.86 bits per heavy atom. The third-order valence-electron chi connectivity index (χ3n) is 2.86. The van der Waals surface area contributed by atoms with E-state index in [4.69, 9.17) is 0 Å². The molecule has 0 radical (unpaired) electrons. The number of amides is 1. The number of hydrogen-bond donors (Lipinski definition) is 2. The zero-order chi connectivity index (χ0) is 15.4. The number of piperazine rings is 1. The number of nitrogens with one attached hydrogen (secondary N) is 2. The predicted octanol–water partition coefficient (Wildman–Crippen LogP) is -0.595. The molecule has 0 bridgehead atoms. The molecule has 6 nitrogen and oxygen atoms in total. The minimum absolute atomic E-state index is 0. The fourth-order valence-corrected chi connectivity index (χ4v) is 2.52. The second-order valence-corrected chi connectivity index (χ2v) is 6.86. The van der Waals surface area contributed by atoms with E-state index in [9.17, 15) is 26.4 Å². The predicted molar refractivity (Wildman–Crippen MR) is 74.3 cm³/mol. The average Bonchev–Trinajstić information content (AvgIpc) is 2.26. The summed E-state index contributed by atoms with van der Waals surface area (Å²) in [6, 6.07) is -1.80. The number of carbonyl (C=O) groups excluding carboxylic acids is 1. The Bertz CT molecular complexity index is 439. The van der Waals surface area contributed by atoms with Crippen LogP contribution in [0.2, 0.25) is 0 Å². The molecule has 0 saturated carbocycles. The van der Waals surface area contributed by atoms with Gasteiger partial charge in [0.15, 0.2) is 9.84 Å². The van der Waals surface area contributed by atoms with Crippen LogP contribution in [0.4, 0.5) is 13.2 Å². The topological polar surface area (TPSA) is 78.5 Å². The maximum atomic E-state index is 13.0. The molecule has 1 rings (SSSR count). The van der Waals surface area contributed by atoms with Gasteiger partial charge in [0.1, 0.15) is 11.8 Å². The number of carbonyl (C=O) groups is 1. The minimum Gasteiger partial charge on any atom is -0.353 e. The first-order chi connectivity index (χ1) is 9.09. The molecule has 2 N–H and O–H groups in total. The largest absolute Gasteiger partial charge is 0.405 e. The van der Waals surface area contributed by atoms with Crippen LogP contribution in [0.1, 0.15) is 0 Å². The third-order valence-corrected chi connectivity index (χ3v) is 3.64. The van der Waals surface area contributed by atoms with Crippen LogP contribution in [0.3, 0.4) is 0 Å². The number of alkyl halides is 3. The first-order valence-electron chi connectivity index (χ1n) is 6.05. The molecular weight excluding hydrogens is 335 g/mol. The van der Waals surface area contributed by atoms with E-state index in [0.717, 1.165) is 6.26 Å². The van der Waals surface area contributed by atoms with Crippen LogP contribution in [-0.2, 0) is 14.6 Å². The van der Waals surface area contributed by atoms with Gasteiger partial charge < -0.3 is 10.6 Å². The van der Waals surface area contributed by atoms with Crippen LogP contribution in [0, 0.1) is 0 Å². The Hall–Kier alpha value is -0.580. The lowest BCUT2D eigenvalue weighted by molar-refractivity contribution is -0.183. The highest BCUT2D eigenvalue weighted by atomic mass is 35.5. The van der Waals surface area contributed by atoms with Crippen molar-refractivity contribution in [3.05, 3.63) is 0 Å². The summed E-state index contributed by atoms with van der Waals surface area (Å²) >= 11 is 0. The van der Waals surface area contributed by atoms with E-state index in [1.54, 1.807) is 0 Å². The van der Waals surface area contributed by atoms with E-state index < -0.39 is 40.3 Å². The molecule has 0 aliphatic carbocycles. The van der Waals surface area contributed by atoms with Crippen LogP contribution in [0.15, 0.2) is 0 Å². The highest BCUT2D eigenvalue weighted by Gasteiger charge is 2.43. The molecule has 21 heavy (non-hydrogen) atoms. The van der Waals surface area contributed by atoms with Gasteiger partial charge in [-0.15, -0.1) is 12.4 Å². The van der Waals surface area contributed by atoms with Crippen molar-refractivity contribution in [1.29, 1.82) is 0 Å². The Kier molecular flexibility index (Phi) is 7.93. The Morgan fingerprint density at radius 1 is 1.33 bits per heavy atom. The average molecular weight is 354 g/mol. The molecule has 1 aliphatic heterocycles. The fraction of sp³-hybridized carbons (Fsp3) is 0.900. The number of sulfone groups is 1. The molecule has 1 heterocycles. The SMILES string of the molecule is CS(=O)(=O)CC(=O)NCC(N1CCNCC1)C(F)(F)F.Cl. The monoisotopic (exact) mass is 353 g/mol. The van der Waals surface area contributed by atoms with E-state index in [1.165, 1.54) is 4.90 Å². The number of hydrogen-bond acceptors (Lipinski definition) is 5. The van der Waals surface area contributed by atoms with E-state index >= 15 is 0 Å². The van der Waals surface area contributed by atoms with Gasteiger partial charge in [0, 0.05) is 39.0 Å². The van der Waals surface area contributed by atoms with Gasteiger partial charge in [-0.1, -0.05) is 0 Å². The molecule has 1 saturated heterocycles. The van der Waals surface area contributed by atoms with Gasteiger partial charge in [-0.2, -0.15) is 13.2 Å². The van der Waals surface area contributed by atoms with E-state index in [2.05, 4.69) is 5.32 Å². The van der Waals surface area contributed by atoms with E-state index in [1.807, 2.05) is 5.32 Å². The van der Waals surface area contributed by atoms with Gasteiger partial charge in [-0.3, -0.25) is 9.69 Å². The molecule has 0 aromatic heterocycles. The third kappa shape index (κ3) is 7.84. The quantitative estimate of drug-likeness (QED) is 0.690. The lowest BCUT2D eigenvalue weighted by Crippen LogP contribution is -2.57. The molecule has 1 unspecified atom stereocenters. The Morgan fingerprint density at radius 3 is 2.29 bits per heavy atom. The molecule has 1 atom stereocenters. The summed E-state index contributed by atoms with van der Waals surface area (Å²) in [5, 5.41) is 4.98. The molecule has 0 spiro atoms. The summed E-state index contributed by atoms with van der Waals surface area (Å²) in [5.41, 5.74) is 0. The molecule has 126 valence electrons. The smallest absolute Gasteiger partial charge is 0.353 e. The van der Waals surface area contributed by atoms with Crippen LogP contribution >= 0.6 is 12.4 Å². The molecule has 11 heteroatoms. The van der Waals surface area contributed by atoms with Crippen molar-refractivity contribution in [2.75, 3.05) is 44.7 Å². The zero-order valence-corrected chi connectivity index (χ0v) is 13.1. The molecule has 1 amide bonds. The molecule has 1 aliphatic rings. The molecular formula is C10H19ClF3N3O3S. The van der Waals surface area contributed by atoms with E-state index in [-0.39, 0.29) is 25.5 Å². The first-order valence-corrected chi connectivity index (χ1v) is 8.11. The second-order valence-electron chi connectivity index (χ2n) is 4.72. The maximum Gasteiger partial charge on any atom is 0.405 e. The lowest BCUT2D eigenvalue weighted by atomic mass is 10.2. The lowest BCUT2D eigenvalue weighted by Gasteiger charge is -2.35. The van der Waals surface area contributed by atoms with Crippen molar-refractivity contribution in [3.63, 3.8) is 0 Å². The highest BCUT2D eigenvalue weighted by Crippen LogP contribution is 2.24. The normalized spacial score (nSPS) is 18.7. The molecule has 1 fully saturated rings. The summed E-state index contributed by atoms with van der Waals surface area (Å²) in [6.45, 7) is 0.712. The van der Waals surface area contributed by atoms with Gasteiger partial charge in [-0.05, 0) is 0 Å². The summed E-state index contributed by atoms with van der Waals surface area (Å²) in [6.07, 6.45) is -3.63. The van der Waals surface area contributed by atoms with Crippen LogP contribution in [0.5, 0.6) is 0 Å². The van der Waals surface area contributed by atoms with Crippen LogP contribution in [-0.4, -0.2) is 76.2 Å². The van der Waals surface area contributed by atoms with Gasteiger partial charge in [0.05, 0.1) is 0 Å². The molecule has 0 aromatic carbocycles. The van der Waals surface area contributed by atoms with Crippen molar-refractivity contribution < 1.29 is 26.4 Å². The summed E-state index contributed by atoms with van der Waals surface area (Å²) in [7, 11) is -3.55. The summed E-state index contributed by atoms with van der Waals surface area (Å²) in [5.74, 6) is -1.73. The van der Waals surface area contributed by atoms with Gasteiger partial charge in [0.2, 0.25) is 5.91 Å². The summed E-state index contributed by atoms with van der Waals surface area (Å²) in [4.78, 5) is 12.5. The van der Waals surface area contributed by atoms with Crippen molar-refractivity contribution >= 4 is 28.2 Å². The Balaban J connectivity index is 0.00000400. The van der Waals surface area contributed by atoms with Gasteiger partial charge in [0.25, 0.3) is 0 Å². The van der Waals surface area contributed by atoms with Crippen LogP contribution in [0.25, 0.3) is 0 Å². The van der Waals surface area contributed by atoms with E-state index in [0.29, 0.717) is 13.1 Å². The zero-order valence-electron chi connectivity index (χ0n) is 11.4. The van der Waals surface area contributed by atoms with Crippen molar-refractivity contribution in [2.45, 2.75) is 12.2 Å². The van der Waals surface area contributed by atoms with Crippen LogP contribution < -0.4 is 10.6 Å².